The lowest BCUT2D eigenvalue weighted by Gasteiger charge is -2.14. The van der Waals surface area contributed by atoms with Crippen LogP contribution in [0.2, 0.25) is 5.02 Å². The second-order valence-corrected chi connectivity index (χ2v) is 8.18. The van der Waals surface area contributed by atoms with E-state index in [1.807, 2.05) is 11.8 Å². The van der Waals surface area contributed by atoms with Gasteiger partial charge in [-0.15, -0.1) is 0 Å². The fourth-order valence-corrected chi connectivity index (χ4v) is 5.13. The lowest BCUT2D eigenvalue weighted by Crippen LogP contribution is -2.33. The Bertz CT molecular complexity index is 536. The van der Waals surface area contributed by atoms with Gasteiger partial charge in [0, 0.05) is 23.7 Å². The highest BCUT2D eigenvalue weighted by atomic mass is 35.5. The smallest absolute Gasteiger partial charge is 0.243 e. The molecule has 1 aliphatic rings. The largest absolute Gasteiger partial charge is 0.263 e. The third-order valence-electron chi connectivity index (χ3n) is 3.13. The van der Waals surface area contributed by atoms with E-state index in [9.17, 15) is 8.42 Å². The molecule has 1 aliphatic carbocycles. The Morgan fingerprint density at radius 2 is 2.32 bits per heavy atom. The molecule has 0 aromatic carbocycles. The highest BCUT2D eigenvalue weighted by Crippen LogP contribution is 2.31. The molecular weight excluding hydrogens is 304 g/mol. The van der Waals surface area contributed by atoms with Gasteiger partial charge in [-0.25, -0.2) is 13.1 Å². The van der Waals surface area contributed by atoms with Crippen molar-refractivity contribution in [2.45, 2.75) is 42.4 Å². The van der Waals surface area contributed by atoms with Gasteiger partial charge in [-0.05, 0) is 31.1 Å². The minimum atomic E-state index is -3.57. The van der Waals surface area contributed by atoms with Gasteiger partial charge < -0.3 is 0 Å². The van der Waals surface area contributed by atoms with Crippen molar-refractivity contribution in [3.63, 3.8) is 0 Å². The zero-order valence-corrected chi connectivity index (χ0v) is 13.1. The lowest BCUT2D eigenvalue weighted by molar-refractivity contribution is 0.552. The number of halogens is 1. The van der Waals surface area contributed by atoms with Gasteiger partial charge in [-0.1, -0.05) is 18.5 Å². The van der Waals surface area contributed by atoms with Gasteiger partial charge in [0.25, 0.3) is 0 Å². The zero-order chi connectivity index (χ0) is 13.9. The molecular formula is C12H17ClN2O2S2. The fraction of sp³-hybridized carbons (Fsp3) is 0.583. The summed E-state index contributed by atoms with van der Waals surface area (Å²) in [5.74, 6) is 1.07. The SMILES string of the molecule is CCSC1CCC(NS(=O)(=O)c2cnccc2Cl)C1. The van der Waals surface area contributed by atoms with Crippen LogP contribution in [-0.2, 0) is 10.0 Å². The number of hydrogen-bond acceptors (Lipinski definition) is 4. The second kappa shape index (κ2) is 6.43. The molecule has 1 saturated carbocycles. The number of hydrogen-bond donors (Lipinski definition) is 1. The van der Waals surface area contributed by atoms with Gasteiger partial charge in [0.1, 0.15) is 4.90 Å². The molecule has 2 unspecified atom stereocenters. The molecule has 1 fully saturated rings. The summed E-state index contributed by atoms with van der Waals surface area (Å²) in [6, 6.07) is 1.49. The van der Waals surface area contributed by atoms with Crippen LogP contribution in [-0.4, -0.2) is 30.4 Å². The van der Waals surface area contributed by atoms with Crippen LogP contribution in [0.5, 0.6) is 0 Å². The predicted molar refractivity (Wildman–Crippen MR) is 79.1 cm³/mol. The molecule has 106 valence electrons. The van der Waals surface area contributed by atoms with Gasteiger partial charge in [-0.3, -0.25) is 4.98 Å². The summed E-state index contributed by atoms with van der Waals surface area (Å²) in [5.41, 5.74) is 0. The molecule has 0 saturated heterocycles. The number of aromatic nitrogens is 1. The molecule has 0 bridgehead atoms. The maximum absolute atomic E-state index is 12.2. The quantitative estimate of drug-likeness (QED) is 0.906. The van der Waals surface area contributed by atoms with E-state index in [0.717, 1.165) is 25.0 Å². The van der Waals surface area contributed by atoms with Crippen molar-refractivity contribution in [1.29, 1.82) is 0 Å². The molecule has 19 heavy (non-hydrogen) atoms. The van der Waals surface area contributed by atoms with E-state index in [2.05, 4.69) is 16.6 Å². The molecule has 1 heterocycles. The molecule has 1 N–H and O–H groups in total. The molecule has 0 aliphatic heterocycles. The van der Waals surface area contributed by atoms with Crippen molar-refractivity contribution < 1.29 is 8.42 Å². The Balaban J connectivity index is 2.05. The van der Waals surface area contributed by atoms with E-state index in [-0.39, 0.29) is 16.0 Å². The molecule has 2 rings (SSSR count). The van der Waals surface area contributed by atoms with Crippen LogP contribution in [0.15, 0.2) is 23.4 Å². The predicted octanol–water partition coefficient (Wildman–Crippen LogP) is 2.69. The monoisotopic (exact) mass is 320 g/mol. The van der Waals surface area contributed by atoms with Gasteiger partial charge >= 0.3 is 0 Å². The van der Waals surface area contributed by atoms with Gasteiger partial charge in [0.2, 0.25) is 10.0 Å². The number of thioether (sulfide) groups is 1. The molecule has 0 amide bonds. The molecule has 1 aromatic rings. The van der Waals surface area contributed by atoms with Gasteiger partial charge in [0.05, 0.1) is 5.02 Å². The number of rotatable bonds is 5. The Morgan fingerprint density at radius 3 is 3.00 bits per heavy atom. The summed E-state index contributed by atoms with van der Waals surface area (Å²) in [6.45, 7) is 2.12. The summed E-state index contributed by atoms with van der Waals surface area (Å²) in [6.07, 6.45) is 5.60. The maximum Gasteiger partial charge on any atom is 0.243 e. The average Bonchev–Trinajstić information content (AvgIpc) is 2.76. The Labute approximate surface area is 123 Å². The van der Waals surface area contributed by atoms with Crippen molar-refractivity contribution in [2.24, 2.45) is 0 Å². The molecule has 0 radical (unpaired) electrons. The minimum absolute atomic E-state index is 0.00493. The first-order chi connectivity index (χ1) is 9.03. The van der Waals surface area contributed by atoms with Crippen LogP contribution in [0.1, 0.15) is 26.2 Å². The lowest BCUT2D eigenvalue weighted by atomic mass is 10.3. The number of nitrogens with one attached hydrogen (secondary N) is 1. The maximum atomic E-state index is 12.2. The molecule has 7 heteroatoms. The first-order valence-electron chi connectivity index (χ1n) is 6.26. The Hall–Kier alpha value is -0.300. The standard InChI is InChI=1S/C12H17ClN2O2S2/c1-2-18-10-4-3-9(7-10)15-19(16,17)12-8-14-6-5-11(12)13/h5-6,8-10,15H,2-4,7H2,1H3. The first-order valence-corrected chi connectivity index (χ1v) is 9.17. The van der Waals surface area contributed by atoms with E-state index in [1.165, 1.54) is 18.5 Å². The van der Waals surface area contributed by atoms with Crippen LogP contribution in [0.25, 0.3) is 0 Å². The van der Waals surface area contributed by atoms with Crippen molar-refractivity contribution in [3.05, 3.63) is 23.5 Å². The average molecular weight is 321 g/mol. The second-order valence-electron chi connectivity index (χ2n) is 4.51. The van der Waals surface area contributed by atoms with Crippen LogP contribution in [0.4, 0.5) is 0 Å². The Kier molecular flexibility index (Phi) is 5.11. The van der Waals surface area contributed by atoms with Crippen molar-refractivity contribution >= 4 is 33.4 Å². The van der Waals surface area contributed by atoms with Crippen molar-refractivity contribution in [3.8, 4) is 0 Å². The van der Waals surface area contributed by atoms with E-state index in [4.69, 9.17) is 11.6 Å². The van der Waals surface area contributed by atoms with E-state index in [1.54, 1.807) is 0 Å². The summed E-state index contributed by atoms with van der Waals surface area (Å²) in [5, 5.41) is 0.766. The fourth-order valence-electron chi connectivity index (χ4n) is 2.28. The molecule has 1 aromatic heterocycles. The van der Waals surface area contributed by atoms with Crippen LogP contribution in [0.3, 0.4) is 0 Å². The van der Waals surface area contributed by atoms with Crippen LogP contribution >= 0.6 is 23.4 Å². The van der Waals surface area contributed by atoms with Gasteiger partial charge in [0.15, 0.2) is 0 Å². The minimum Gasteiger partial charge on any atom is -0.263 e. The highest BCUT2D eigenvalue weighted by Gasteiger charge is 2.29. The Morgan fingerprint density at radius 1 is 1.53 bits per heavy atom. The molecule has 2 atom stereocenters. The van der Waals surface area contributed by atoms with E-state index >= 15 is 0 Å². The summed E-state index contributed by atoms with van der Waals surface area (Å²) >= 11 is 7.80. The number of nitrogens with zero attached hydrogens (tertiary/aromatic N) is 1. The van der Waals surface area contributed by atoms with Crippen molar-refractivity contribution in [1.82, 2.24) is 9.71 Å². The third-order valence-corrected chi connectivity index (χ3v) is 6.35. The number of sulfonamides is 1. The summed E-state index contributed by atoms with van der Waals surface area (Å²) in [4.78, 5) is 3.88. The number of pyridine rings is 1. The van der Waals surface area contributed by atoms with Crippen LogP contribution < -0.4 is 4.72 Å². The van der Waals surface area contributed by atoms with Gasteiger partial charge in [-0.2, -0.15) is 11.8 Å². The highest BCUT2D eigenvalue weighted by molar-refractivity contribution is 7.99. The first kappa shape index (κ1) is 15.1. The van der Waals surface area contributed by atoms with Crippen molar-refractivity contribution in [2.75, 3.05) is 5.75 Å². The van der Waals surface area contributed by atoms with E-state index < -0.39 is 10.0 Å². The molecule has 0 spiro atoms. The topological polar surface area (TPSA) is 59.1 Å². The third kappa shape index (κ3) is 3.84. The summed E-state index contributed by atoms with van der Waals surface area (Å²) in [7, 11) is -3.57. The van der Waals surface area contributed by atoms with E-state index in [0.29, 0.717) is 5.25 Å². The van der Waals surface area contributed by atoms with Crippen LogP contribution in [0, 0.1) is 0 Å². The summed E-state index contributed by atoms with van der Waals surface area (Å²) < 4.78 is 27.2. The normalized spacial score (nSPS) is 23.7. The molecule has 4 nitrogen and oxygen atoms in total. The zero-order valence-electron chi connectivity index (χ0n) is 10.7.